The molecule has 0 bridgehead atoms. The highest BCUT2D eigenvalue weighted by atomic mass is 35.5. The third-order valence-corrected chi connectivity index (χ3v) is 4.39. The lowest BCUT2D eigenvalue weighted by Crippen LogP contribution is -2.30. The molecule has 0 amide bonds. The molecular weight excluding hydrogens is 282 g/mol. The Morgan fingerprint density at radius 2 is 1.95 bits per heavy atom. The van der Waals surface area contributed by atoms with E-state index in [1.807, 2.05) is 18.2 Å². The average Bonchev–Trinajstić information content (AvgIpc) is 2.46. The van der Waals surface area contributed by atoms with Crippen LogP contribution in [0.25, 0.3) is 0 Å². The minimum Gasteiger partial charge on any atom is -0.389 e. The van der Waals surface area contributed by atoms with Crippen LogP contribution in [-0.2, 0) is 6.42 Å². The number of halogens is 1. The third-order valence-electron chi connectivity index (χ3n) is 4.09. The van der Waals surface area contributed by atoms with Crippen LogP contribution >= 0.6 is 11.6 Å². The zero-order valence-corrected chi connectivity index (χ0v) is 13.1. The highest BCUT2D eigenvalue weighted by Gasteiger charge is 2.24. The second kappa shape index (κ2) is 5.70. The van der Waals surface area contributed by atoms with E-state index in [0.717, 1.165) is 24.2 Å². The highest BCUT2D eigenvalue weighted by Crippen LogP contribution is 2.39. The first kappa shape index (κ1) is 14.4. The molecule has 110 valence electrons. The summed E-state index contributed by atoms with van der Waals surface area (Å²) >= 11 is 6.47. The maximum Gasteiger partial charge on any atom is 0.0762 e. The Labute approximate surface area is 131 Å². The van der Waals surface area contributed by atoms with Crippen molar-refractivity contribution in [2.24, 2.45) is 5.92 Å². The van der Waals surface area contributed by atoms with Crippen molar-refractivity contribution in [2.45, 2.75) is 26.4 Å². The van der Waals surface area contributed by atoms with Crippen molar-refractivity contribution in [3.05, 3.63) is 58.6 Å². The minimum absolute atomic E-state index is 0.496. The molecule has 1 unspecified atom stereocenters. The van der Waals surface area contributed by atoms with Crippen molar-refractivity contribution in [3.63, 3.8) is 0 Å². The zero-order valence-electron chi connectivity index (χ0n) is 12.4. The molecule has 3 heteroatoms. The van der Waals surface area contributed by atoms with Gasteiger partial charge in [0.15, 0.2) is 0 Å². The first-order valence-corrected chi connectivity index (χ1v) is 7.77. The van der Waals surface area contributed by atoms with Crippen molar-refractivity contribution < 1.29 is 5.11 Å². The zero-order chi connectivity index (χ0) is 15.0. The molecule has 0 saturated carbocycles. The van der Waals surface area contributed by atoms with Gasteiger partial charge in [0, 0.05) is 12.2 Å². The predicted molar refractivity (Wildman–Crippen MR) is 88.4 cm³/mol. The second-order valence-corrected chi connectivity index (χ2v) is 6.34. The van der Waals surface area contributed by atoms with Gasteiger partial charge in [-0.15, -0.1) is 0 Å². The number of nitrogens with zero attached hydrogens (tertiary/aromatic N) is 1. The molecule has 21 heavy (non-hydrogen) atoms. The Kier molecular flexibility index (Phi) is 3.92. The van der Waals surface area contributed by atoms with Crippen molar-refractivity contribution >= 4 is 23.0 Å². The van der Waals surface area contributed by atoms with Crippen molar-refractivity contribution in [2.75, 3.05) is 11.4 Å². The van der Waals surface area contributed by atoms with Crippen LogP contribution in [0.15, 0.2) is 42.5 Å². The summed E-state index contributed by atoms with van der Waals surface area (Å²) in [4.78, 5) is 2.29. The number of aliphatic hydroxyl groups excluding tert-OH is 1. The summed E-state index contributed by atoms with van der Waals surface area (Å²) in [6.45, 7) is 4.98. The van der Waals surface area contributed by atoms with Gasteiger partial charge >= 0.3 is 0 Å². The van der Waals surface area contributed by atoms with Gasteiger partial charge in [0.1, 0.15) is 0 Å². The van der Waals surface area contributed by atoms with Crippen molar-refractivity contribution in [1.82, 2.24) is 0 Å². The SMILES string of the molecule is CC1Cc2ccccc2N(c2ccc([C@H](C)O)cc2Cl)C1. The Bertz CT molecular complexity index is 653. The van der Waals surface area contributed by atoms with Gasteiger partial charge in [-0.3, -0.25) is 0 Å². The molecular formula is C18H20ClNO. The summed E-state index contributed by atoms with van der Waals surface area (Å²) in [5, 5.41) is 10.4. The van der Waals surface area contributed by atoms with Gasteiger partial charge in [-0.05, 0) is 48.6 Å². The normalized spacial score (nSPS) is 19.2. The van der Waals surface area contributed by atoms with Gasteiger partial charge in [-0.25, -0.2) is 0 Å². The summed E-state index contributed by atoms with van der Waals surface area (Å²) in [5.41, 5.74) is 4.47. The van der Waals surface area contributed by atoms with Crippen LogP contribution in [0.3, 0.4) is 0 Å². The standard InChI is InChI=1S/C18H20ClNO/c1-12-9-15-5-3-4-6-17(15)20(11-12)18-8-7-14(13(2)21)10-16(18)19/h3-8,10,12-13,21H,9,11H2,1-2H3/t12?,13-/m0/s1. The van der Waals surface area contributed by atoms with E-state index in [2.05, 4.69) is 36.1 Å². The first-order chi connectivity index (χ1) is 10.1. The van der Waals surface area contributed by atoms with Crippen molar-refractivity contribution in [1.29, 1.82) is 0 Å². The Morgan fingerprint density at radius 1 is 1.19 bits per heavy atom. The molecule has 0 saturated heterocycles. The number of anilines is 2. The smallest absolute Gasteiger partial charge is 0.0762 e. The van der Waals surface area contributed by atoms with E-state index >= 15 is 0 Å². The molecule has 0 aliphatic carbocycles. The molecule has 3 rings (SSSR count). The fraction of sp³-hybridized carbons (Fsp3) is 0.333. The fourth-order valence-electron chi connectivity index (χ4n) is 3.03. The summed E-state index contributed by atoms with van der Waals surface area (Å²) in [7, 11) is 0. The second-order valence-electron chi connectivity index (χ2n) is 5.94. The first-order valence-electron chi connectivity index (χ1n) is 7.39. The lowest BCUT2D eigenvalue weighted by atomic mass is 9.93. The topological polar surface area (TPSA) is 23.5 Å². The van der Waals surface area contributed by atoms with Crippen LogP contribution in [0.1, 0.15) is 31.1 Å². The number of hydrogen-bond donors (Lipinski definition) is 1. The predicted octanol–water partition coefficient (Wildman–Crippen LogP) is 4.72. The number of rotatable bonds is 2. The Hall–Kier alpha value is -1.51. The van der Waals surface area contributed by atoms with Gasteiger partial charge in [0.25, 0.3) is 0 Å². The molecule has 1 N–H and O–H groups in total. The molecule has 0 fully saturated rings. The van der Waals surface area contributed by atoms with Gasteiger partial charge in [-0.1, -0.05) is 42.8 Å². The molecule has 1 aliphatic rings. The number of para-hydroxylation sites is 1. The van der Waals surface area contributed by atoms with E-state index < -0.39 is 6.10 Å². The number of fused-ring (bicyclic) bond motifs is 1. The maximum atomic E-state index is 9.68. The van der Waals surface area contributed by atoms with Crippen LogP contribution in [0.5, 0.6) is 0 Å². The molecule has 2 aromatic carbocycles. The van der Waals surface area contributed by atoms with Crippen LogP contribution in [-0.4, -0.2) is 11.7 Å². The van der Waals surface area contributed by atoms with Gasteiger partial charge in [0.2, 0.25) is 0 Å². The summed E-state index contributed by atoms with van der Waals surface area (Å²) in [6, 6.07) is 14.3. The Balaban J connectivity index is 2.04. The molecule has 0 aromatic heterocycles. The average molecular weight is 302 g/mol. The van der Waals surface area contributed by atoms with Crippen LogP contribution < -0.4 is 4.90 Å². The van der Waals surface area contributed by atoms with Crippen molar-refractivity contribution in [3.8, 4) is 0 Å². The third kappa shape index (κ3) is 2.78. The molecule has 2 nitrogen and oxygen atoms in total. The number of aliphatic hydroxyl groups is 1. The number of hydrogen-bond acceptors (Lipinski definition) is 2. The highest BCUT2D eigenvalue weighted by molar-refractivity contribution is 6.33. The summed E-state index contributed by atoms with van der Waals surface area (Å²) in [5.74, 6) is 0.590. The van der Waals surface area contributed by atoms with E-state index in [-0.39, 0.29) is 0 Å². The van der Waals surface area contributed by atoms with E-state index in [9.17, 15) is 5.11 Å². The van der Waals surface area contributed by atoms with Crippen LogP contribution in [0.4, 0.5) is 11.4 Å². The maximum absolute atomic E-state index is 9.68. The molecule has 0 spiro atoms. The molecule has 1 aliphatic heterocycles. The molecule has 0 radical (unpaired) electrons. The van der Waals surface area contributed by atoms with Crippen LogP contribution in [0, 0.1) is 5.92 Å². The molecule has 2 aromatic rings. The fourth-order valence-corrected chi connectivity index (χ4v) is 3.32. The lowest BCUT2D eigenvalue weighted by molar-refractivity contribution is 0.199. The van der Waals surface area contributed by atoms with Gasteiger partial charge in [-0.2, -0.15) is 0 Å². The summed E-state index contributed by atoms with van der Waals surface area (Å²) in [6.07, 6.45) is 0.611. The number of benzene rings is 2. The van der Waals surface area contributed by atoms with Gasteiger partial charge < -0.3 is 10.0 Å². The van der Waals surface area contributed by atoms with E-state index in [0.29, 0.717) is 10.9 Å². The lowest BCUT2D eigenvalue weighted by Gasteiger charge is -2.35. The van der Waals surface area contributed by atoms with E-state index in [4.69, 9.17) is 11.6 Å². The summed E-state index contributed by atoms with van der Waals surface area (Å²) < 4.78 is 0. The monoisotopic (exact) mass is 301 g/mol. The Morgan fingerprint density at radius 3 is 2.67 bits per heavy atom. The quantitative estimate of drug-likeness (QED) is 0.867. The van der Waals surface area contributed by atoms with Gasteiger partial charge in [0.05, 0.1) is 16.8 Å². The largest absolute Gasteiger partial charge is 0.389 e. The van der Waals surface area contributed by atoms with E-state index in [1.54, 1.807) is 6.92 Å². The van der Waals surface area contributed by atoms with Crippen LogP contribution in [0.2, 0.25) is 5.02 Å². The minimum atomic E-state index is -0.496. The molecule has 2 atom stereocenters. The molecule has 1 heterocycles. The van der Waals surface area contributed by atoms with E-state index in [1.165, 1.54) is 11.3 Å².